The first-order valence-electron chi connectivity index (χ1n) is 29.3. The van der Waals surface area contributed by atoms with Gasteiger partial charge in [-0.3, -0.25) is 14.4 Å². The molecule has 0 radical (unpaired) electrons. The lowest BCUT2D eigenvalue weighted by Crippen LogP contribution is -2.30. The molecule has 1 atom stereocenters. The lowest BCUT2D eigenvalue weighted by atomic mass is 10.0. The van der Waals surface area contributed by atoms with Gasteiger partial charge in [-0.15, -0.1) is 0 Å². The van der Waals surface area contributed by atoms with Crippen LogP contribution in [-0.4, -0.2) is 37.2 Å². The van der Waals surface area contributed by atoms with Crippen LogP contribution in [-0.2, 0) is 28.6 Å². The summed E-state index contributed by atoms with van der Waals surface area (Å²) in [5.74, 6) is -0.857. The molecule has 0 aromatic rings. The maximum Gasteiger partial charge on any atom is 0.306 e. The van der Waals surface area contributed by atoms with Gasteiger partial charge in [0.15, 0.2) is 6.10 Å². The van der Waals surface area contributed by atoms with Gasteiger partial charge >= 0.3 is 17.9 Å². The van der Waals surface area contributed by atoms with Crippen molar-refractivity contribution in [3.8, 4) is 0 Å². The van der Waals surface area contributed by atoms with Gasteiger partial charge in [0.05, 0.1) is 0 Å². The van der Waals surface area contributed by atoms with E-state index in [1.807, 2.05) is 0 Å². The van der Waals surface area contributed by atoms with Crippen LogP contribution < -0.4 is 0 Å². The maximum absolute atomic E-state index is 12.9. The van der Waals surface area contributed by atoms with Crippen LogP contribution in [0.4, 0.5) is 0 Å². The predicted octanol–water partition coefficient (Wildman–Crippen LogP) is 19.5. The molecule has 0 saturated heterocycles. The lowest BCUT2D eigenvalue weighted by molar-refractivity contribution is -0.167. The van der Waals surface area contributed by atoms with Gasteiger partial charge in [0.25, 0.3) is 0 Å². The number of carbonyl (C=O) groups excluding carboxylic acids is 3. The average molecular weight is 930 g/mol. The molecule has 0 aromatic carbocycles. The van der Waals surface area contributed by atoms with Gasteiger partial charge in [-0.25, -0.2) is 0 Å². The Morgan fingerprint density at radius 3 is 0.773 bits per heavy atom. The zero-order valence-corrected chi connectivity index (χ0v) is 44.5. The van der Waals surface area contributed by atoms with Crippen LogP contribution in [0.5, 0.6) is 0 Å². The third-order valence-corrected chi connectivity index (χ3v) is 13.2. The van der Waals surface area contributed by atoms with Gasteiger partial charge < -0.3 is 14.2 Å². The number of hydrogen-bond donors (Lipinski definition) is 0. The van der Waals surface area contributed by atoms with Gasteiger partial charge in [0.2, 0.25) is 0 Å². The minimum absolute atomic E-state index is 0.0705. The maximum atomic E-state index is 12.9. The summed E-state index contributed by atoms with van der Waals surface area (Å²) >= 11 is 0. The number of unbranched alkanes of at least 4 members (excludes halogenated alkanes) is 39. The van der Waals surface area contributed by atoms with E-state index in [2.05, 4.69) is 45.1 Å². The number of hydrogen-bond acceptors (Lipinski definition) is 6. The highest BCUT2D eigenvalue weighted by atomic mass is 16.6. The first kappa shape index (κ1) is 63.9. The van der Waals surface area contributed by atoms with E-state index in [0.29, 0.717) is 19.3 Å². The first-order valence-corrected chi connectivity index (χ1v) is 29.3. The number of rotatable bonds is 54. The van der Waals surface area contributed by atoms with E-state index in [1.54, 1.807) is 0 Å². The second-order valence-electron chi connectivity index (χ2n) is 19.9. The van der Waals surface area contributed by atoms with Crippen molar-refractivity contribution < 1.29 is 28.6 Å². The molecule has 0 aliphatic carbocycles. The SMILES string of the molecule is CCCCCC/C=C/CCCCCCCCCC(=O)OC[C@H](COC(=O)CCCCCCCCC/C=C/CCCCCCCC)OC(=O)CCCCCCCCCCCCCCCCCC. The van der Waals surface area contributed by atoms with Crippen molar-refractivity contribution in [1.82, 2.24) is 0 Å². The molecule has 0 spiro atoms. The van der Waals surface area contributed by atoms with E-state index in [9.17, 15) is 14.4 Å². The molecular formula is C60H112O6. The fourth-order valence-corrected chi connectivity index (χ4v) is 8.73. The van der Waals surface area contributed by atoms with Crippen molar-refractivity contribution in [2.24, 2.45) is 0 Å². The van der Waals surface area contributed by atoms with Crippen LogP contribution in [0.25, 0.3) is 0 Å². The quantitative estimate of drug-likeness (QED) is 0.0262. The molecule has 0 aliphatic heterocycles. The molecule has 0 unspecified atom stereocenters. The molecule has 0 fully saturated rings. The highest BCUT2D eigenvalue weighted by Gasteiger charge is 2.19. The van der Waals surface area contributed by atoms with Crippen molar-refractivity contribution in [2.45, 2.75) is 329 Å². The Labute approximate surface area is 411 Å². The Morgan fingerprint density at radius 2 is 0.500 bits per heavy atom. The summed E-state index contributed by atoms with van der Waals surface area (Å²) in [6, 6.07) is 0. The highest BCUT2D eigenvalue weighted by molar-refractivity contribution is 5.71. The average Bonchev–Trinajstić information content (AvgIpc) is 3.31. The fourth-order valence-electron chi connectivity index (χ4n) is 8.73. The van der Waals surface area contributed by atoms with Gasteiger partial charge in [0.1, 0.15) is 13.2 Å². The van der Waals surface area contributed by atoms with Gasteiger partial charge in [-0.1, -0.05) is 257 Å². The summed E-state index contributed by atoms with van der Waals surface area (Å²) in [5, 5.41) is 0. The smallest absolute Gasteiger partial charge is 0.306 e. The Bertz CT molecular complexity index is 1070. The minimum Gasteiger partial charge on any atom is -0.462 e. The second-order valence-corrected chi connectivity index (χ2v) is 19.9. The normalized spacial score (nSPS) is 12.1. The van der Waals surface area contributed by atoms with Crippen LogP contribution in [0.2, 0.25) is 0 Å². The highest BCUT2D eigenvalue weighted by Crippen LogP contribution is 2.17. The van der Waals surface area contributed by atoms with Crippen LogP contribution in [0.15, 0.2) is 24.3 Å². The van der Waals surface area contributed by atoms with E-state index in [1.165, 1.54) is 225 Å². The lowest BCUT2D eigenvalue weighted by Gasteiger charge is -2.18. The third kappa shape index (κ3) is 52.9. The van der Waals surface area contributed by atoms with Gasteiger partial charge in [0, 0.05) is 19.3 Å². The molecule has 6 heteroatoms. The van der Waals surface area contributed by atoms with Crippen LogP contribution in [0.3, 0.4) is 0 Å². The molecule has 0 amide bonds. The number of esters is 3. The monoisotopic (exact) mass is 929 g/mol. The minimum atomic E-state index is -0.771. The van der Waals surface area contributed by atoms with Gasteiger partial charge in [-0.2, -0.15) is 0 Å². The molecule has 0 heterocycles. The largest absolute Gasteiger partial charge is 0.462 e. The van der Waals surface area contributed by atoms with E-state index in [4.69, 9.17) is 14.2 Å². The molecule has 6 nitrogen and oxygen atoms in total. The van der Waals surface area contributed by atoms with Crippen molar-refractivity contribution >= 4 is 17.9 Å². The standard InChI is InChI=1S/C60H112O6/c1-4-7-10-13-16-19-22-25-28-30-33-35-38-41-44-47-50-53-59(62)65-56-57(55-64-58(61)52-49-46-43-40-37-34-31-27-24-21-18-15-12-9-6-3)66-60(63)54-51-48-45-42-39-36-32-29-26-23-20-17-14-11-8-5-2/h21,24-25,28,57H,4-20,22-23,26-27,29-56H2,1-3H3/b24-21+,28-25+/t57-/m1/s1. The summed E-state index contributed by atoms with van der Waals surface area (Å²) in [7, 11) is 0. The van der Waals surface area contributed by atoms with Crippen molar-refractivity contribution in [3.05, 3.63) is 24.3 Å². The molecule has 0 rings (SSSR count). The summed E-state index contributed by atoms with van der Waals surface area (Å²) in [6.45, 7) is 6.67. The Kier molecular flexibility index (Phi) is 53.7. The Balaban J connectivity index is 4.34. The zero-order valence-electron chi connectivity index (χ0n) is 44.5. The molecule has 0 aromatic heterocycles. The predicted molar refractivity (Wildman–Crippen MR) is 284 cm³/mol. The summed E-state index contributed by atoms with van der Waals surface area (Å²) < 4.78 is 16.9. The number of allylic oxidation sites excluding steroid dienone is 4. The van der Waals surface area contributed by atoms with E-state index < -0.39 is 6.10 Å². The Hall–Kier alpha value is -2.11. The topological polar surface area (TPSA) is 78.9 Å². The molecule has 388 valence electrons. The molecule has 0 saturated carbocycles. The second kappa shape index (κ2) is 55.5. The molecule has 0 bridgehead atoms. The van der Waals surface area contributed by atoms with Crippen LogP contribution in [0, 0.1) is 0 Å². The zero-order chi connectivity index (χ0) is 47.9. The Morgan fingerprint density at radius 1 is 0.288 bits per heavy atom. The van der Waals surface area contributed by atoms with Crippen molar-refractivity contribution in [2.75, 3.05) is 13.2 Å². The third-order valence-electron chi connectivity index (χ3n) is 13.2. The summed E-state index contributed by atoms with van der Waals surface area (Å²) in [4.78, 5) is 38.2. The van der Waals surface area contributed by atoms with Crippen molar-refractivity contribution in [1.29, 1.82) is 0 Å². The first-order chi connectivity index (χ1) is 32.5. The summed E-state index contributed by atoms with van der Waals surface area (Å²) in [6.07, 6.45) is 64.5. The van der Waals surface area contributed by atoms with Crippen LogP contribution in [0.1, 0.15) is 323 Å². The van der Waals surface area contributed by atoms with Crippen molar-refractivity contribution in [3.63, 3.8) is 0 Å². The molecule has 66 heavy (non-hydrogen) atoms. The summed E-state index contributed by atoms with van der Waals surface area (Å²) in [5.41, 5.74) is 0. The number of ether oxygens (including phenoxy) is 3. The number of carbonyl (C=O) groups is 3. The van der Waals surface area contributed by atoms with E-state index >= 15 is 0 Å². The fraction of sp³-hybridized carbons (Fsp3) is 0.883. The van der Waals surface area contributed by atoms with Gasteiger partial charge in [-0.05, 0) is 70.6 Å². The van der Waals surface area contributed by atoms with Crippen LogP contribution >= 0.6 is 0 Å². The molecular weight excluding hydrogens is 817 g/mol. The molecule has 0 N–H and O–H groups in total. The van der Waals surface area contributed by atoms with E-state index in [0.717, 1.165) is 57.8 Å². The van der Waals surface area contributed by atoms with E-state index in [-0.39, 0.29) is 31.1 Å². The molecule has 0 aliphatic rings.